The SMILES string of the molecule is C=C(C)C(=O)OC1(C2CCO2)CC(OC)O1. The molecule has 16 heavy (non-hydrogen) atoms. The Balaban J connectivity index is 1.99. The van der Waals surface area contributed by atoms with E-state index in [1.54, 1.807) is 14.0 Å². The van der Waals surface area contributed by atoms with Gasteiger partial charge in [0.05, 0.1) is 13.0 Å². The highest BCUT2D eigenvalue weighted by molar-refractivity contribution is 5.87. The van der Waals surface area contributed by atoms with Gasteiger partial charge < -0.3 is 18.9 Å². The minimum Gasteiger partial charge on any atom is -0.426 e. The van der Waals surface area contributed by atoms with E-state index in [9.17, 15) is 4.79 Å². The van der Waals surface area contributed by atoms with Gasteiger partial charge in [0.2, 0.25) is 5.79 Å². The lowest BCUT2D eigenvalue weighted by atomic mass is 9.94. The van der Waals surface area contributed by atoms with Crippen LogP contribution >= 0.6 is 0 Å². The summed E-state index contributed by atoms with van der Waals surface area (Å²) >= 11 is 0. The number of hydrogen-bond donors (Lipinski definition) is 0. The normalized spacial score (nSPS) is 37.1. The molecule has 0 amide bonds. The van der Waals surface area contributed by atoms with Crippen LogP contribution in [0.15, 0.2) is 12.2 Å². The highest BCUT2D eigenvalue weighted by atomic mass is 16.8. The standard InChI is InChI=1S/C11H16O5/c1-7(2)10(12)16-11(8-4-5-14-8)6-9(13-3)15-11/h8-9H,1,4-6H2,2-3H3. The summed E-state index contributed by atoms with van der Waals surface area (Å²) in [5.41, 5.74) is 0.350. The maximum atomic E-state index is 11.5. The van der Waals surface area contributed by atoms with Crippen LogP contribution in [0.1, 0.15) is 19.8 Å². The summed E-state index contributed by atoms with van der Waals surface area (Å²) in [6.45, 7) is 5.82. The number of hydrogen-bond acceptors (Lipinski definition) is 5. The zero-order valence-electron chi connectivity index (χ0n) is 9.52. The molecule has 0 N–H and O–H groups in total. The van der Waals surface area contributed by atoms with Crippen LogP contribution in [0.3, 0.4) is 0 Å². The molecule has 5 nitrogen and oxygen atoms in total. The van der Waals surface area contributed by atoms with Crippen LogP contribution in [-0.2, 0) is 23.7 Å². The molecule has 2 fully saturated rings. The van der Waals surface area contributed by atoms with E-state index in [1.807, 2.05) is 0 Å². The fraction of sp³-hybridized carbons (Fsp3) is 0.727. The van der Waals surface area contributed by atoms with E-state index in [0.29, 0.717) is 18.6 Å². The molecule has 3 unspecified atom stereocenters. The van der Waals surface area contributed by atoms with Crippen LogP contribution in [0.4, 0.5) is 0 Å². The third-order valence-electron chi connectivity index (χ3n) is 2.85. The predicted molar refractivity (Wildman–Crippen MR) is 54.5 cm³/mol. The Kier molecular flexibility index (Phi) is 3.01. The molecule has 0 radical (unpaired) electrons. The highest BCUT2D eigenvalue weighted by Gasteiger charge is 2.58. The summed E-state index contributed by atoms with van der Waals surface area (Å²) in [6.07, 6.45) is 0.844. The van der Waals surface area contributed by atoms with Gasteiger partial charge >= 0.3 is 5.97 Å². The van der Waals surface area contributed by atoms with E-state index < -0.39 is 11.8 Å². The van der Waals surface area contributed by atoms with Crippen molar-refractivity contribution in [2.75, 3.05) is 13.7 Å². The lowest BCUT2D eigenvalue weighted by Gasteiger charge is -2.51. The first-order chi connectivity index (χ1) is 7.57. The first-order valence-electron chi connectivity index (χ1n) is 5.28. The number of rotatable bonds is 4. The molecule has 0 aromatic carbocycles. The van der Waals surface area contributed by atoms with Gasteiger partial charge in [-0.25, -0.2) is 4.79 Å². The molecule has 0 bridgehead atoms. The van der Waals surface area contributed by atoms with Crippen LogP contribution in [-0.4, -0.2) is 37.9 Å². The predicted octanol–water partition coefficient (Wildman–Crippen LogP) is 0.984. The largest absolute Gasteiger partial charge is 0.426 e. The molecule has 3 atom stereocenters. The molecule has 5 heteroatoms. The quantitative estimate of drug-likeness (QED) is 0.530. The van der Waals surface area contributed by atoms with Crippen LogP contribution in [0.25, 0.3) is 0 Å². The Morgan fingerprint density at radius 1 is 1.56 bits per heavy atom. The van der Waals surface area contributed by atoms with E-state index in [4.69, 9.17) is 18.9 Å². The summed E-state index contributed by atoms with van der Waals surface area (Å²) in [5, 5.41) is 0. The Morgan fingerprint density at radius 3 is 2.56 bits per heavy atom. The zero-order valence-corrected chi connectivity index (χ0v) is 9.52. The number of carbonyl (C=O) groups excluding carboxylic acids is 1. The van der Waals surface area contributed by atoms with Gasteiger partial charge in [-0.2, -0.15) is 0 Å². The van der Waals surface area contributed by atoms with Crippen molar-refractivity contribution in [1.29, 1.82) is 0 Å². The van der Waals surface area contributed by atoms with Gasteiger partial charge in [-0.3, -0.25) is 0 Å². The van der Waals surface area contributed by atoms with Crippen LogP contribution < -0.4 is 0 Å². The van der Waals surface area contributed by atoms with E-state index in [-0.39, 0.29) is 12.4 Å². The average molecular weight is 228 g/mol. The monoisotopic (exact) mass is 228 g/mol. The Labute approximate surface area is 94.3 Å². The average Bonchev–Trinajstić information content (AvgIpc) is 2.09. The van der Waals surface area contributed by atoms with Gasteiger partial charge in [0, 0.05) is 19.1 Å². The first kappa shape index (κ1) is 11.6. The summed E-state index contributed by atoms with van der Waals surface area (Å²) in [4.78, 5) is 11.5. The molecule has 2 heterocycles. The number of ether oxygens (including phenoxy) is 4. The van der Waals surface area contributed by atoms with Crippen molar-refractivity contribution in [3.63, 3.8) is 0 Å². The minimum absolute atomic E-state index is 0.179. The van der Waals surface area contributed by atoms with E-state index >= 15 is 0 Å². The van der Waals surface area contributed by atoms with Crippen molar-refractivity contribution < 1.29 is 23.7 Å². The van der Waals surface area contributed by atoms with E-state index in [1.165, 1.54) is 0 Å². The number of esters is 1. The second-order valence-electron chi connectivity index (χ2n) is 4.12. The van der Waals surface area contributed by atoms with Crippen molar-refractivity contribution >= 4 is 5.97 Å². The number of methoxy groups -OCH3 is 1. The van der Waals surface area contributed by atoms with Crippen molar-refractivity contribution in [3.05, 3.63) is 12.2 Å². The maximum Gasteiger partial charge on any atom is 0.335 e. The van der Waals surface area contributed by atoms with Crippen LogP contribution in [0.5, 0.6) is 0 Å². The summed E-state index contributed by atoms with van der Waals surface area (Å²) in [6, 6.07) is 0. The molecule has 0 aromatic rings. The highest BCUT2D eigenvalue weighted by Crippen LogP contribution is 2.42. The fourth-order valence-corrected chi connectivity index (χ4v) is 1.74. The maximum absolute atomic E-state index is 11.5. The van der Waals surface area contributed by atoms with Gasteiger partial charge in [-0.1, -0.05) is 6.58 Å². The van der Waals surface area contributed by atoms with Gasteiger partial charge in [0.15, 0.2) is 6.29 Å². The molecular formula is C11H16O5. The van der Waals surface area contributed by atoms with Crippen molar-refractivity contribution in [3.8, 4) is 0 Å². The van der Waals surface area contributed by atoms with E-state index in [0.717, 1.165) is 6.42 Å². The Bertz CT molecular complexity index is 301. The van der Waals surface area contributed by atoms with Gasteiger partial charge in [0.25, 0.3) is 0 Å². The fourth-order valence-electron chi connectivity index (χ4n) is 1.74. The van der Waals surface area contributed by atoms with Crippen molar-refractivity contribution in [1.82, 2.24) is 0 Å². The molecule has 90 valence electrons. The molecular weight excluding hydrogens is 212 g/mol. The van der Waals surface area contributed by atoms with Crippen molar-refractivity contribution in [2.45, 2.75) is 37.9 Å². The molecule has 2 saturated heterocycles. The van der Waals surface area contributed by atoms with Gasteiger partial charge in [0.1, 0.15) is 6.10 Å². The van der Waals surface area contributed by atoms with Crippen molar-refractivity contribution in [2.24, 2.45) is 0 Å². The minimum atomic E-state index is -0.963. The summed E-state index contributed by atoms with van der Waals surface area (Å²) in [7, 11) is 1.55. The van der Waals surface area contributed by atoms with E-state index in [2.05, 4.69) is 6.58 Å². The van der Waals surface area contributed by atoms with Crippen LogP contribution in [0, 0.1) is 0 Å². The lowest BCUT2D eigenvalue weighted by molar-refractivity contribution is -0.424. The molecule has 0 spiro atoms. The molecule has 2 aliphatic rings. The van der Waals surface area contributed by atoms with Gasteiger partial charge in [-0.15, -0.1) is 0 Å². The second-order valence-corrected chi connectivity index (χ2v) is 4.12. The Morgan fingerprint density at radius 2 is 2.19 bits per heavy atom. The second kappa shape index (κ2) is 4.16. The third-order valence-corrected chi connectivity index (χ3v) is 2.85. The summed E-state index contributed by atoms with van der Waals surface area (Å²) < 4.78 is 21.1. The first-order valence-corrected chi connectivity index (χ1v) is 5.28. The van der Waals surface area contributed by atoms with Crippen LogP contribution in [0.2, 0.25) is 0 Å². The Hall–Kier alpha value is -0.910. The molecule has 0 aliphatic carbocycles. The third kappa shape index (κ3) is 1.86. The summed E-state index contributed by atoms with van der Waals surface area (Å²) in [5.74, 6) is -1.42. The number of carbonyl (C=O) groups is 1. The smallest absolute Gasteiger partial charge is 0.335 e. The molecule has 0 saturated carbocycles. The molecule has 2 rings (SSSR count). The molecule has 0 aromatic heterocycles. The zero-order chi connectivity index (χ0) is 11.8. The van der Waals surface area contributed by atoms with Gasteiger partial charge in [-0.05, 0) is 6.92 Å². The topological polar surface area (TPSA) is 54.0 Å². The molecule has 2 aliphatic heterocycles. The lowest BCUT2D eigenvalue weighted by Crippen LogP contribution is -2.64.